The number of halogens is 3. The van der Waals surface area contributed by atoms with Crippen LogP contribution < -0.4 is 10.2 Å². The molecule has 39 heavy (non-hydrogen) atoms. The summed E-state index contributed by atoms with van der Waals surface area (Å²) in [7, 11) is 0. The summed E-state index contributed by atoms with van der Waals surface area (Å²) in [6, 6.07) is 15.6. The zero-order valence-corrected chi connectivity index (χ0v) is 21.1. The van der Waals surface area contributed by atoms with Gasteiger partial charge in [-0.1, -0.05) is 36.4 Å². The van der Waals surface area contributed by atoms with Crippen LogP contribution in [0.25, 0.3) is 6.08 Å². The topological polar surface area (TPSA) is 69.7 Å². The molecule has 4 atom stereocenters. The summed E-state index contributed by atoms with van der Waals surface area (Å²) >= 11 is 0. The molecule has 2 fully saturated rings. The smallest absolute Gasteiger partial charge is 0.357 e. The van der Waals surface area contributed by atoms with Crippen molar-refractivity contribution in [3.05, 3.63) is 101 Å². The van der Waals surface area contributed by atoms with Crippen molar-refractivity contribution in [2.24, 2.45) is 11.8 Å². The van der Waals surface area contributed by atoms with Gasteiger partial charge in [0.25, 0.3) is 0 Å². The fourth-order valence-corrected chi connectivity index (χ4v) is 6.18. The van der Waals surface area contributed by atoms with E-state index in [-0.39, 0.29) is 5.69 Å². The number of nitrogens with zero attached hydrogens (tertiary/aromatic N) is 2. The summed E-state index contributed by atoms with van der Waals surface area (Å²) in [6.07, 6.45) is -1.07. The summed E-state index contributed by atoms with van der Waals surface area (Å²) < 4.78 is 39.8. The average Bonchev–Trinajstić information content (AvgIpc) is 3.35. The lowest BCUT2D eigenvalue weighted by Crippen LogP contribution is -2.46. The first-order valence-electron chi connectivity index (χ1n) is 12.5. The van der Waals surface area contributed by atoms with Gasteiger partial charge in [0.15, 0.2) is 0 Å². The van der Waals surface area contributed by atoms with Crippen LogP contribution >= 0.6 is 0 Å². The second-order valence-electron chi connectivity index (χ2n) is 10.3. The molecular formula is C30H24F3N3O3. The number of anilines is 2. The standard InChI is InChI=1S/C30H24F3N3O3/c1-16-12-17(2)14-21(13-16)36-28(38)23-24(29(36)39)26(35-11-10-18-6-3-4-9-22(18)25(23)35)27(37)34-20-8-5-7-19(15-20)30(31,32)33/h3-15,23-26H,1-2H3,(H,34,37)/t23-,24-,25+,26+/m1/s1. The number of fused-ring (bicyclic) bond motifs is 5. The Morgan fingerprint density at radius 2 is 1.56 bits per heavy atom. The number of imide groups is 1. The maximum atomic E-state index is 14.0. The normalized spacial score (nSPS) is 23.5. The van der Waals surface area contributed by atoms with Crippen LogP contribution in [0.3, 0.4) is 0 Å². The first-order chi connectivity index (χ1) is 18.5. The van der Waals surface area contributed by atoms with Gasteiger partial charge < -0.3 is 10.2 Å². The zero-order valence-electron chi connectivity index (χ0n) is 21.1. The molecule has 0 aromatic heterocycles. The highest BCUT2D eigenvalue weighted by molar-refractivity contribution is 6.24. The third-order valence-electron chi connectivity index (χ3n) is 7.65. The summed E-state index contributed by atoms with van der Waals surface area (Å²) in [5, 5.41) is 2.58. The molecule has 3 heterocycles. The van der Waals surface area contributed by atoms with Gasteiger partial charge in [-0.3, -0.25) is 14.4 Å². The Bertz CT molecular complexity index is 1540. The molecule has 0 aliphatic carbocycles. The van der Waals surface area contributed by atoms with Gasteiger partial charge in [-0.25, -0.2) is 4.90 Å². The van der Waals surface area contributed by atoms with E-state index < -0.39 is 53.4 Å². The lowest BCUT2D eigenvalue weighted by atomic mass is 9.84. The number of nitrogens with one attached hydrogen (secondary N) is 1. The maximum absolute atomic E-state index is 14.0. The van der Waals surface area contributed by atoms with E-state index in [1.54, 1.807) is 23.2 Å². The molecule has 2 saturated heterocycles. The van der Waals surface area contributed by atoms with Crippen LogP contribution in [0.1, 0.15) is 33.9 Å². The molecule has 0 spiro atoms. The fraction of sp³-hybridized carbons (Fsp3) is 0.233. The Balaban J connectivity index is 1.43. The van der Waals surface area contributed by atoms with E-state index in [0.717, 1.165) is 39.3 Å². The van der Waals surface area contributed by atoms with Crippen LogP contribution in [0.15, 0.2) is 72.9 Å². The Labute approximate surface area is 222 Å². The number of rotatable bonds is 3. The number of hydrogen-bond acceptors (Lipinski definition) is 4. The molecule has 0 unspecified atom stereocenters. The molecule has 0 saturated carbocycles. The Hall–Kier alpha value is -4.40. The predicted octanol–water partition coefficient (Wildman–Crippen LogP) is 5.48. The molecule has 0 bridgehead atoms. The fourth-order valence-electron chi connectivity index (χ4n) is 6.18. The molecular weight excluding hydrogens is 507 g/mol. The number of carbonyl (C=O) groups is 3. The Morgan fingerprint density at radius 1 is 0.872 bits per heavy atom. The summed E-state index contributed by atoms with van der Waals surface area (Å²) in [6.45, 7) is 3.75. The summed E-state index contributed by atoms with van der Waals surface area (Å²) in [5.41, 5.74) is 2.96. The van der Waals surface area contributed by atoms with Crippen LogP contribution in [-0.4, -0.2) is 28.7 Å². The quantitative estimate of drug-likeness (QED) is 0.455. The summed E-state index contributed by atoms with van der Waals surface area (Å²) in [4.78, 5) is 44.5. The monoisotopic (exact) mass is 531 g/mol. The van der Waals surface area contributed by atoms with Crippen molar-refractivity contribution in [2.75, 3.05) is 10.2 Å². The highest BCUT2D eigenvalue weighted by Gasteiger charge is 2.64. The van der Waals surface area contributed by atoms with Gasteiger partial charge in [-0.05, 0) is 72.5 Å². The minimum absolute atomic E-state index is 0.0425. The van der Waals surface area contributed by atoms with Crippen molar-refractivity contribution in [1.29, 1.82) is 0 Å². The second kappa shape index (κ2) is 8.83. The van der Waals surface area contributed by atoms with Crippen LogP contribution in [0.4, 0.5) is 24.5 Å². The van der Waals surface area contributed by atoms with Crippen molar-refractivity contribution in [3.8, 4) is 0 Å². The first-order valence-corrected chi connectivity index (χ1v) is 12.5. The van der Waals surface area contributed by atoms with Crippen molar-refractivity contribution in [2.45, 2.75) is 32.1 Å². The van der Waals surface area contributed by atoms with Gasteiger partial charge >= 0.3 is 6.18 Å². The number of amides is 3. The van der Waals surface area contributed by atoms with Gasteiger partial charge in [0.1, 0.15) is 6.04 Å². The minimum atomic E-state index is -4.58. The number of benzene rings is 3. The number of aryl methyl sites for hydroxylation is 2. The van der Waals surface area contributed by atoms with Crippen molar-refractivity contribution < 1.29 is 27.6 Å². The Morgan fingerprint density at radius 3 is 2.28 bits per heavy atom. The van der Waals surface area contributed by atoms with Crippen LogP contribution in [-0.2, 0) is 20.6 Å². The molecule has 198 valence electrons. The summed E-state index contributed by atoms with van der Waals surface area (Å²) in [5.74, 6) is -3.42. The van der Waals surface area contributed by atoms with Gasteiger partial charge in [0.2, 0.25) is 17.7 Å². The molecule has 1 N–H and O–H groups in total. The average molecular weight is 532 g/mol. The van der Waals surface area contributed by atoms with Gasteiger partial charge in [0, 0.05) is 11.9 Å². The van der Waals surface area contributed by atoms with Crippen molar-refractivity contribution >= 4 is 35.2 Å². The maximum Gasteiger partial charge on any atom is 0.416 e. The van der Waals surface area contributed by atoms with Crippen LogP contribution in [0.2, 0.25) is 0 Å². The molecule has 6 rings (SSSR count). The minimum Gasteiger partial charge on any atom is -0.357 e. The molecule has 6 nitrogen and oxygen atoms in total. The SMILES string of the molecule is Cc1cc(C)cc(N2C(=O)[C@@H]3[C@@H](C2=O)[C@@H]2c4ccccc4C=CN2[C@@H]3C(=O)Nc2cccc(C(F)(F)F)c2)c1. The lowest BCUT2D eigenvalue weighted by Gasteiger charge is -2.35. The first kappa shape index (κ1) is 24.9. The van der Waals surface area contributed by atoms with E-state index in [0.29, 0.717) is 5.69 Å². The van der Waals surface area contributed by atoms with Crippen LogP contribution in [0.5, 0.6) is 0 Å². The highest BCUT2D eigenvalue weighted by Crippen LogP contribution is 2.53. The van der Waals surface area contributed by atoms with Crippen LogP contribution in [0, 0.1) is 25.7 Å². The molecule has 3 amide bonds. The molecule has 3 aromatic carbocycles. The molecule has 3 aromatic rings. The second-order valence-corrected chi connectivity index (χ2v) is 10.3. The van der Waals surface area contributed by atoms with Gasteiger partial charge in [-0.2, -0.15) is 13.2 Å². The van der Waals surface area contributed by atoms with E-state index in [2.05, 4.69) is 5.32 Å². The molecule has 9 heteroatoms. The molecule has 0 radical (unpaired) electrons. The molecule has 3 aliphatic rings. The van der Waals surface area contributed by atoms with E-state index in [4.69, 9.17) is 0 Å². The third-order valence-corrected chi connectivity index (χ3v) is 7.65. The number of hydrogen-bond donors (Lipinski definition) is 1. The van der Waals surface area contributed by atoms with Crippen molar-refractivity contribution in [1.82, 2.24) is 4.90 Å². The van der Waals surface area contributed by atoms with E-state index >= 15 is 0 Å². The highest BCUT2D eigenvalue weighted by atomic mass is 19.4. The van der Waals surface area contributed by atoms with Gasteiger partial charge in [-0.15, -0.1) is 0 Å². The third kappa shape index (κ3) is 4.00. The van der Waals surface area contributed by atoms with Gasteiger partial charge in [0.05, 0.1) is 29.1 Å². The van der Waals surface area contributed by atoms with E-state index in [1.165, 1.54) is 12.1 Å². The van der Waals surface area contributed by atoms with Crippen molar-refractivity contribution in [3.63, 3.8) is 0 Å². The largest absolute Gasteiger partial charge is 0.416 e. The number of carbonyl (C=O) groups excluding carboxylic acids is 3. The zero-order chi connectivity index (χ0) is 27.6. The van der Waals surface area contributed by atoms with E-state index in [1.807, 2.05) is 50.3 Å². The van der Waals surface area contributed by atoms with E-state index in [9.17, 15) is 27.6 Å². The lowest BCUT2D eigenvalue weighted by molar-refractivity contribution is -0.137. The number of alkyl halides is 3. The molecule has 3 aliphatic heterocycles. The Kier molecular flexibility index (Phi) is 5.64. The predicted molar refractivity (Wildman–Crippen MR) is 139 cm³/mol.